The van der Waals surface area contributed by atoms with E-state index in [1.54, 1.807) is 13.8 Å². The van der Waals surface area contributed by atoms with Gasteiger partial charge in [0.1, 0.15) is 6.61 Å². The molecule has 0 aromatic heterocycles. The van der Waals surface area contributed by atoms with Crippen molar-refractivity contribution < 1.29 is 14.6 Å². The van der Waals surface area contributed by atoms with Crippen LogP contribution >= 0.6 is 0 Å². The maximum Gasteiger partial charge on any atom is 0.320 e. The first-order valence-electron chi connectivity index (χ1n) is 6.55. The Bertz CT molecular complexity index is 384. The molecule has 4 nitrogen and oxygen atoms in total. The maximum atomic E-state index is 11.7. The van der Waals surface area contributed by atoms with E-state index in [2.05, 4.69) is 0 Å². The molecule has 0 radical (unpaired) electrons. The van der Waals surface area contributed by atoms with E-state index >= 15 is 0 Å². The number of hydrogen-bond donors (Lipinski definition) is 1. The second-order valence-corrected chi connectivity index (χ2v) is 5.26. The van der Waals surface area contributed by atoms with Crippen molar-refractivity contribution in [3.05, 3.63) is 35.9 Å². The van der Waals surface area contributed by atoms with Crippen LogP contribution in [0.25, 0.3) is 0 Å². The van der Waals surface area contributed by atoms with Crippen molar-refractivity contribution in [2.45, 2.75) is 33.0 Å². The summed E-state index contributed by atoms with van der Waals surface area (Å²) >= 11 is 0. The lowest BCUT2D eigenvalue weighted by Gasteiger charge is -2.26. The molecule has 0 aliphatic rings. The van der Waals surface area contributed by atoms with Gasteiger partial charge in [-0.15, -0.1) is 0 Å². The van der Waals surface area contributed by atoms with Crippen molar-refractivity contribution in [3.63, 3.8) is 0 Å². The molecule has 0 bridgehead atoms. The van der Waals surface area contributed by atoms with Crippen LogP contribution in [0.4, 0.5) is 0 Å². The number of benzene rings is 1. The zero-order valence-electron chi connectivity index (χ0n) is 11.9. The number of carbonyl (C=O) groups is 1. The molecule has 0 atom stereocenters. The zero-order chi connectivity index (χ0) is 14.3. The highest BCUT2D eigenvalue weighted by Gasteiger charge is 2.19. The summed E-state index contributed by atoms with van der Waals surface area (Å²) in [6.07, 6.45) is 0. The first-order chi connectivity index (χ1) is 8.90. The topological polar surface area (TPSA) is 49.8 Å². The van der Waals surface area contributed by atoms with E-state index in [1.165, 1.54) is 0 Å². The summed E-state index contributed by atoms with van der Waals surface area (Å²) in [7, 11) is 0. The Kier molecular flexibility index (Phi) is 5.99. The molecule has 0 unspecified atom stereocenters. The molecule has 0 fully saturated rings. The zero-order valence-corrected chi connectivity index (χ0v) is 11.9. The fourth-order valence-corrected chi connectivity index (χ4v) is 1.79. The van der Waals surface area contributed by atoms with E-state index in [4.69, 9.17) is 4.74 Å². The van der Waals surface area contributed by atoms with Crippen LogP contribution in [-0.2, 0) is 16.1 Å². The Labute approximate surface area is 115 Å². The molecule has 0 aliphatic heterocycles. The summed E-state index contributed by atoms with van der Waals surface area (Å²) in [5, 5.41) is 9.75. The standard InChI is InChI=1S/C15H23NO3/c1-4-16(12-15(2,3)18)10-14(17)19-11-13-8-6-5-7-9-13/h5-9,18H,4,10-12H2,1-3H3. The number of nitrogens with zero attached hydrogens (tertiary/aromatic N) is 1. The molecule has 1 rings (SSSR count). The van der Waals surface area contributed by atoms with Crippen LogP contribution in [0.5, 0.6) is 0 Å². The SMILES string of the molecule is CCN(CC(=O)OCc1ccccc1)CC(C)(C)O. The second kappa shape index (κ2) is 7.26. The molecular weight excluding hydrogens is 242 g/mol. The van der Waals surface area contributed by atoms with Crippen LogP contribution in [0, 0.1) is 0 Å². The van der Waals surface area contributed by atoms with Gasteiger partial charge in [0.2, 0.25) is 0 Å². The predicted octanol–water partition coefficient (Wildman–Crippen LogP) is 1.82. The molecule has 0 spiro atoms. The monoisotopic (exact) mass is 265 g/mol. The van der Waals surface area contributed by atoms with Gasteiger partial charge in [-0.05, 0) is 26.0 Å². The molecule has 19 heavy (non-hydrogen) atoms. The van der Waals surface area contributed by atoms with Gasteiger partial charge in [0, 0.05) is 6.54 Å². The van der Waals surface area contributed by atoms with Gasteiger partial charge in [-0.25, -0.2) is 0 Å². The van der Waals surface area contributed by atoms with Crippen LogP contribution in [-0.4, -0.2) is 41.2 Å². The van der Waals surface area contributed by atoms with Gasteiger partial charge in [-0.1, -0.05) is 37.3 Å². The molecule has 1 aromatic carbocycles. The van der Waals surface area contributed by atoms with E-state index in [1.807, 2.05) is 42.2 Å². The van der Waals surface area contributed by atoms with Crippen molar-refractivity contribution in [1.29, 1.82) is 0 Å². The molecule has 0 saturated heterocycles. The average Bonchev–Trinajstić information content (AvgIpc) is 2.35. The van der Waals surface area contributed by atoms with E-state index < -0.39 is 5.60 Å². The summed E-state index contributed by atoms with van der Waals surface area (Å²) in [5.74, 6) is -0.269. The Hall–Kier alpha value is -1.39. The third-order valence-electron chi connectivity index (χ3n) is 2.65. The van der Waals surface area contributed by atoms with Gasteiger partial charge < -0.3 is 9.84 Å². The summed E-state index contributed by atoms with van der Waals surface area (Å²) < 4.78 is 5.21. The Morgan fingerprint density at radius 2 is 1.95 bits per heavy atom. The van der Waals surface area contributed by atoms with E-state index in [0.717, 1.165) is 5.56 Å². The number of carbonyl (C=O) groups excluding carboxylic acids is 1. The average molecular weight is 265 g/mol. The van der Waals surface area contributed by atoms with Gasteiger partial charge in [0.15, 0.2) is 0 Å². The van der Waals surface area contributed by atoms with Crippen LogP contribution in [0.2, 0.25) is 0 Å². The highest BCUT2D eigenvalue weighted by Crippen LogP contribution is 2.06. The second-order valence-electron chi connectivity index (χ2n) is 5.26. The van der Waals surface area contributed by atoms with Gasteiger partial charge in [-0.2, -0.15) is 0 Å². The predicted molar refractivity (Wildman–Crippen MR) is 74.6 cm³/mol. The van der Waals surface area contributed by atoms with E-state index in [9.17, 15) is 9.90 Å². The molecule has 0 aliphatic carbocycles. The molecule has 1 aromatic rings. The summed E-state index contributed by atoms with van der Waals surface area (Å²) in [4.78, 5) is 13.6. The Balaban J connectivity index is 2.37. The highest BCUT2D eigenvalue weighted by atomic mass is 16.5. The molecule has 1 N–H and O–H groups in total. The van der Waals surface area contributed by atoms with Crippen LogP contribution in [0.15, 0.2) is 30.3 Å². The number of likely N-dealkylation sites (N-methyl/N-ethyl adjacent to an activating group) is 1. The lowest BCUT2D eigenvalue weighted by Crippen LogP contribution is -2.41. The normalized spacial score (nSPS) is 11.6. The maximum absolute atomic E-state index is 11.7. The van der Waals surface area contributed by atoms with E-state index in [0.29, 0.717) is 19.7 Å². The van der Waals surface area contributed by atoms with Crippen molar-refractivity contribution >= 4 is 5.97 Å². The Morgan fingerprint density at radius 1 is 1.32 bits per heavy atom. The molecule has 4 heteroatoms. The van der Waals surface area contributed by atoms with Crippen molar-refractivity contribution in [3.8, 4) is 0 Å². The molecule has 0 heterocycles. The van der Waals surface area contributed by atoms with Crippen molar-refractivity contribution in [2.24, 2.45) is 0 Å². The van der Waals surface area contributed by atoms with Crippen LogP contribution < -0.4 is 0 Å². The van der Waals surface area contributed by atoms with Gasteiger partial charge >= 0.3 is 5.97 Å². The largest absolute Gasteiger partial charge is 0.460 e. The van der Waals surface area contributed by atoms with Gasteiger partial charge in [0.05, 0.1) is 12.1 Å². The first kappa shape index (κ1) is 15.7. The first-order valence-corrected chi connectivity index (χ1v) is 6.55. The van der Waals surface area contributed by atoms with Gasteiger partial charge in [0.25, 0.3) is 0 Å². The quantitative estimate of drug-likeness (QED) is 0.764. The number of hydrogen-bond acceptors (Lipinski definition) is 4. The number of ether oxygens (including phenoxy) is 1. The lowest BCUT2D eigenvalue weighted by molar-refractivity contribution is -0.146. The summed E-state index contributed by atoms with van der Waals surface area (Å²) in [6, 6.07) is 9.59. The van der Waals surface area contributed by atoms with Crippen molar-refractivity contribution in [2.75, 3.05) is 19.6 Å². The third kappa shape index (κ3) is 6.94. The minimum absolute atomic E-state index is 0.202. The number of rotatable bonds is 7. The van der Waals surface area contributed by atoms with Gasteiger partial charge in [-0.3, -0.25) is 9.69 Å². The van der Waals surface area contributed by atoms with E-state index in [-0.39, 0.29) is 12.5 Å². The fraction of sp³-hybridized carbons (Fsp3) is 0.533. The summed E-state index contributed by atoms with van der Waals surface area (Å²) in [6.45, 7) is 7.05. The van der Waals surface area contributed by atoms with Crippen molar-refractivity contribution in [1.82, 2.24) is 4.90 Å². The molecule has 0 saturated carbocycles. The highest BCUT2D eigenvalue weighted by molar-refractivity contribution is 5.71. The number of aliphatic hydroxyl groups is 1. The fourth-order valence-electron chi connectivity index (χ4n) is 1.79. The smallest absolute Gasteiger partial charge is 0.320 e. The molecule has 106 valence electrons. The van der Waals surface area contributed by atoms with Crippen LogP contribution in [0.3, 0.4) is 0 Å². The third-order valence-corrected chi connectivity index (χ3v) is 2.65. The lowest BCUT2D eigenvalue weighted by atomic mass is 10.1. The summed E-state index contributed by atoms with van der Waals surface area (Å²) in [5.41, 5.74) is 0.164. The molecular formula is C15H23NO3. The minimum Gasteiger partial charge on any atom is -0.460 e. The van der Waals surface area contributed by atoms with Crippen LogP contribution in [0.1, 0.15) is 26.3 Å². The molecule has 0 amide bonds. The minimum atomic E-state index is -0.810. The Morgan fingerprint density at radius 3 is 2.47 bits per heavy atom. The number of esters is 1.